The van der Waals surface area contributed by atoms with Crippen LogP contribution < -0.4 is 5.73 Å². The topological polar surface area (TPSA) is 72.5 Å². The molecule has 64 valence electrons. The SMILES string of the molecule is N[C@@H](C[C@@H]1CCOC1)C(=O)O. The van der Waals surface area contributed by atoms with Crippen molar-refractivity contribution in [1.82, 2.24) is 0 Å². The van der Waals surface area contributed by atoms with Crippen LogP contribution in [0, 0.1) is 5.92 Å². The molecule has 0 aromatic heterocycles. The van der Waals surface area contributed by atoms with E-state index in [1.807, 2.05) is 0 Å². The molecule has 1 fully saturated rings. The lowest BCUT2D eigenvalue weighted by molar-refractivity contribution is -0.138. The van der Waals surface area contributed by atoms with Gasteiger partial charge in [0.05, 0.1) is 0 Å². The first-order valence-electron chi connectivity index (χ1n) is 3.76. The molecule has 2 atom stereocenters. The maximum atomic E-state index is 10.3. The summed E-state index contributed by atoms with van der Waals surface area (Å²) in [7, 11) is 0. The van der Waals surface area contributed by atoms with Crippen LogP contribution in [-0.2, 0) is 9.53 Å². The lowest BCUT2D eigenvalue weighted by Crippen LogP contribution is -2.32. The van der Waals surface area contributed by atoms with E-state index in [9.17, 15) is 4.79 Å². The summed E-state index contributed by atoms with van der Waals surface area (Å²) in [6.45, 7) is 1.41. The predicted molar refractivity (Wildman–Crippen MR) is 39.2 cm³/mol. The largest absolute Gasteiger partial charge is 0.480 e. The average Bonchev–Trinajstić information content (AvgIpc) is 2.39. The summed E-state index contributed by atoms with van der Waals surface area (Å²) < 4.78 is 5.09. The summed E-state index contributed by atoms with van der Waals surface area (Å²) in [5, 5.41) is 8.48. The molecule has 4 heteroatoms. The van der Waals surface area contributed by atoms with E-state index in [0.717, 1.165) is 13.0 Å². The quantitative estimate of drug-likeness (QED) is 0.599. The molecule has 0 unspecified atom stereocenters. The molecule has 4 nitrogen and oxygen atoms in total. The van der Waals surface area contributed by atoms with Crippen molar-refractivity contribution < 1.29 is 14.6 Å². The number of hydrogen-bond donors (Lipinski definition) is 2. The van der Waals surface area contributed by atoms with E-state index in [4.69, 9.17) is 15.6 Å². The van der Waals surface area contributed by atoms with Crippen molar-refractivity contribution in [3.05, 3.63) is 0 Å². The van der Waals surface area contributed by atoms with E-state index >= 15 is 0 Å². The number of carboxylic acid groups (broad SMARTS) is 1. The normalized spacial score (nSPS) is 26.8. The number of hydrogen-bond acceptors (Lipinski definition) is 3. The van der Waals surface area contributed by atoms with Crippen molar-refractivity contribution in [3.8, 4) is 0 Å². The summed E-state index contributed by atoms with van der Waals surface area (Å²) in [5.74, 6) is -0.571. The Kier molecular flexibility index (Phi) is 2.84. The minimum absolute atomic E-state index is 0.348. The van der Waals surface area contributed by atoms with Gasteiger partial charge in [0.1, 0.15) is 6.04 Å². The fraction of sp³-hybridized carbons (Fsp3) is 0.857. The van der Waals surface area contributed by atoms with Crippen molar-refractivity contribution in [2.45, 2.75) is 18.9 Å². The molecular formula is C7H13NO3. The molecule has 0 aromatic rings. The number of rotatable bonds is 3. The van der Waals surface area contributed by atoms with Crippen LogP contribution in [0.4, 0.5) is 0 Å². The van der Waals surface area contributed by atoms with E-state index in [0.29, 0.717) is 18.9 Å². The molecule has 1 aliphatic rings. The Hall–Kier alpha value is -0.610. The smallest absolute Gasteiger partial charge is 0.320 e. The molecule has 1 aliphatic heterocycles. The number of carboxylic acids is 1. The Morgan fingerprint density at radius 1 is 1.82 bits per heavy atom. The highest BCUT2D eigenvalue weighted by molar-refractivity contribution is 5.73. The molecule has 3 N–H and O–H groups in total. The zero-order valence-corrected chi connectivity index (χ0v) is 6.32. The van der Waals surface area contributed by atoms with Crippen LogP contribution in [-0.4, -0.2) is 30.3 Å². The molecule has 0 aromatic carbocycles. The standard InChI is InChI=1S/C7H13NO3/c8-6(7(9)10)3-5-1-2-11-4-5/h5-6H,1-4,8H2,(H,9,10)/t5-,6-/m0/s1. The van der Waals surface area contributed by atoms with Gasteiger partial charge in [-0.1, -0.05) is 0 Å². The van der Waals surface area contributed by atoms with Gasteiger partial charge in [0, 0.05) is 13.2 Å². The molecule has 1 saturated heterocycles. The van der Waals surface area contributed by atoms with Gasteiger partial charge in [-0.15, -0.1) is 0 Å². The summed E-state index contributed by atoms with van der Waals surface area (Å²) >= 11 is 0. The molecule has 1 heterocycles. The summed E-state index contributed by atoms with van der Waals surface area (Å²) in [5.41, 5.74) is 5.34. The average molecular weight is 159 g/mol. The van der Waals surface area contributed by atoms with E-state index in [-0.39, 0.29) is 0 Å². The van der Waals surface area contributed by atoms with Gasteiger partial charge in [0.25, 0.3) is 0 Å². The van der Waals surface area contributed by atoms with Crippen LogP contribution >= 0.6 is 0 Å². The van der Waals surface area contributed by atoms with E-state index in [1.165, 1.54) is 0 Å². The second-order valence-corrected chi connectivity index (χ2v) is 2.91. The van der Waals surface area contributed by atoms with Gasteiger partial charge in [0.2, 0.25) is 0 Å². The lowest BCUT2D eigenvalue weighted by atomic mass is 10.00. The predicted octanol–water partition coefficient (Wildman–Crippen LogP) is -0.175. The summed E-state index contributed by atoms with van der Waals surface area (Å²) in [6, 6.07) is -0.721. The van der Waals surface area contributed by atoms with Crippen LogP contribution in [0.25, 0.3) is 0 Å². The van der Waals surface area contributed by atoms with Crippen molar-refractivity contribution in [1.29, 1.82) is 0 Å². The minimum atomic E-state index is -0.920. The van der Waals surface area contributed by atoms with Gasteiger partial charge < -0.3 is 15.6 Å². The molecule has 0 spiro atoms. The number of ether oxygens (including phenoxy) is 1. The monoisotopic (exact) mass is 159 g/mol. The Morgan fingerprint density at radius 2 is 2.55 bits per heavy atom. The highest BCUT2D eigenvalue weighted by Gasteiger charge is 2.21. The first-order valence-corrected chi connectivity index (χ1v) is 3.76. The van der Waals surface area contributed by atoms with E-state index < -0.39 is 12.0 Å². The van der Waals surface area contributed by atoms with E-state index in [2.05, 4.69) is 0 Å². The molecule has 0 bridgehead atoms. The fourth-order valence-corrected chi connectivity index (χ4v) is 1.23. The zero-order chi connectivity index (χ0) is 8.27. The van der Waals surface area contributed by atoms with Crippen molar-refractivity contribution in [2.75, 3.05) is 13.2 Å². The molecule has 0 amide bonds. The van der Waals surface area contributed by atoms with Crippen LogP contribution in [0.3, 0.4) is 0 Å². The maximum Gasteiger partial charge on any atom is 0.320 e. The van der Waals surface area contributed by atoms with Crippen molar-refractivity contribution >= 4 is 5.97 Å². The Labute approximate surface area is 65.3 Å². The molecule has 0 saturated carbocycles. The Morgan fingerprint density at radius 3 is 3.00 bits per heavy atom. The minimum Gasteiger partial charge on any atom is -0.480 e. The third-order valence-electron chi connectivity index (χ3n) is 1.93. The summed E-state index contributed by atoms with van der Waals surface area (Å²) in [4.78, 5) is 10.3. The molecule has 0 radical (unpaired) electrons. The Bertz CT molecular complexity index is 143. The molecule has 0 aliphatic carbocycles. The highest BCUT2D eigenvalue weighted by atomic mass is 16.5. The van der Waals surface area contributed by atoms with Crippen molar-refractivity contribution in [3.63, 3.8) is 0 Å². The van der Waals surface area contributed by atoms with Crippen LogP contribution in [0.2, 0.25) is 0 Å². The highest BCUT2D eigenvalue weighted by Crippen LogP contribution is 2.17. The maximum absolute atomic E-state index is 10.3. The van der Waals surface area contributed by atoms with Crippen molar-refractivity contribution in [2.24, 2.45) is 11.7 Å². The fourth-order valence-electron chi connectivity index (χ4n) is 1.23. The van der Waals surface area contributed by atoms with Crippen LogP contribution in [0.5, 0.6) is 0 Å². The lowest BCUT2D eigenvalue weighted by Gasteiger charge is -2.10. The van der Waals surface area contributed by atoms with Gasteiger partial charge in [-0.2, -0.15) is 0 Å². The second kappa shape index (κ2) is 3.69. The molecule has 1 rings (SSSR count). The number of aliphatic carboxylic acids is 1. The van der Waals surface area contributed by atoms with Gasteiger partial charge in [0.15, 0.2) is 0 Å². The van der Waals surface area contributed by atoms with Gasteiger partial charge in [-0.25, -0.2) is 0 Å². The Balaban J connectivity index is 2.23. The third kappa shape index (κ3) is 2.48. The molecule has 11 heavy (non-hydrogen) atoms. The van der Waals surface area contributed by atoms with Gasteiger partial charge in [-0.3, -0.25) is 4.79 Å². The third-order valence-corrected chi connectivity index (χ3v) is 1.93. The van der Waals surface area contributed by atoms with Crippen LogP contribution in [0.15, 0.2) is 0 Å². The van der Waals surface area contributed by atoms with Gasteiger partial charge in [-0.05, 0) is 18.8 Å². The number of nitrogens with two attached hydrogens (primary N) is 1. The van der Waals surface area contributed by atoms with Gasteiger partial charge >= 0.3 is 5.97 Å². The molecular weight excluding hydrogens is 146 g/mol. The number of carbonyl (C=O) groups is 1. The second-order valence-electron chi connectivity index (χ2n) is 2.91. The van der Waals surface area contributed by atoms with E-state index in [1.54, 1.807) is 0 Å². The summed E-state index contributed by atoms with van der Waals surface area (Å²) in [6.07, 6.45) is 1.48. The zero-order valence-electron chi connectivity index (χ0n) is 6.32. The first-order chi connectivity index (χ1) is 5.20. The van der Waals surface area contributed by atoms with Crippen LogP contribution in [0.1, 0.15) is 12.8 Å². The first kappa shape index (κ1) is 8.49.